The summed E-state index contributed by atoms with van der Waals surface area (Å²) in [7, 11) is 0. The zero-order valence-electron chi connectivity index (χ0n) is 12.4. The highest BCUT2D eigenvalue weighted by molar-refractivity contribution is 6.07. The van der Waals surface area contributed by atoms with E-state index in [0.29, 0.717) is 17.4 Å². The molecule has 2 rings (SSSR count). The molecule has 2 amide bonds. The third-order valence-corrected chi connectivity index (χ3v) is 3.29. The average molecular weight is 287 g/mol. The van der Waals surface area contributed by atoms with Crippen molar-refractivity contribution in [3.8, 4) is 0 Å². The zero-order valence-corrected chi connectivity index (χ0v) is 12.4. The molecule has 0 aliphatic carbocycles. The Hall–Kier alpha value is -2.30. The normalized spacial score (nSPS) is 18.1. The summed E-state index contributed by atoms with van der Waals surface area (Å²) in [5.74, 6) is -0.361. The molecule has 1 aromatic rings. The van der Waals surface area contributed by atoms with Crippen LogP contribution in [-0.4, -0.2) is 18.4 Å². The number of carbonyl (C=O) groups is 2. The predicted octanol–water partition coefficient (Wildman–Crippen LogP) is 1.63. The SMILES string of the molecule is C=C1NCC(C(=O)Nc2ccc(CC(C)C)cc2)C(=O)N1. The Morgan fingerprint density at radius 2 is 2.05 bits per heavy atom. The minimum atomic E-state index is -0.745. The van der Waals surface area contributed by atoms with E-state index < -0.39 is 5.92 Å². The van der Waals surface area contributed by atoms with E-state index in [4.69, 9.17) is 0 Å². The Bertz CT molecular complexity index is 549. The summed E-state index contributed by atoms with van der Waals surface area (Å²) in [5.41, 5.74) is 1.93. The Morgan fingerprint density at radius 3 is 2.62 bits per heavy atom. The topological polar surface area (TPSA) is 70.2 Å². The number of rotatable bonds is 4. The summed E-state index contributed by atoms with van der Waals surface area (Å²) in [4.78, 5) is 23.8. The molecule has 5 nitrogen and oxygen atoms in total. The molecule has 21 heavy (non-hydrogen) atoms. The van der Waals surface area contributed by atoms with Crippen molar-refractivity contribution in [2.45, 2.75) is 20.3 Å². The molecule has 112 valence electrons. The highest BCUT2D eigenvalue weighted by atomic mass is 16.2. The summed E-state index contributed by atoms with van der Waals surface area (Å²) in [6.07, 6.45) is 1.01. The first-order chi connectivity index (χ1) is 9.95. The van der Waals surface area contributed by atoms with E-state index in [1.165, 1.54) is 5.56 Å². The van der Waals surface area contributed by atoms with Gasteiger partial charge in [-0.15, -0.1) is 0 Å². The lowest BCUT2D eigenvalue weighted by molar-refractivity contribution is -0.132. The summed E-state index contributed by atoms with van der Waals surface area (Å²) in [6.45, 7) is 8.20. The first-order valence-corrected chi connectivity index (χ1v) is 7.09. The van der Waals surface area contributed by atoms with E-state index in [1.807, 2.05) is 24.3 Å². The van der Waals surface area contributed by atoms with Gasteiger partial charge in [0.15, 0.2) is 0 Å². The van der Waals surface area contributed by atoms with Gasteiger partial charge in [-0.2, -0.15) is 0 Å². The van der Waals surface area contributed by atoms with Crippen LogP contribution in [0.3, 0.4) is 0 Å². The lowest BCUT2D eigenvalue weighted by Crippen LogP contribution is -2.50. The van der Waals surface area contributed by atoms with Crippen LogP contribution in [0.15, 0.2) is 36.7 Å². The molecule has 0 radical (unpaired) electrons. The van der Waals surface area contributed by atoms with Gasteiger partial charge in [0.25, 0.3) is 0 Å². The van der Waals surface area contributed by atoms with Crippen molar-refractivity contribution in [2.24, 2.45) is 11.8 Å². The van der Waals surface area contributed by atoms with Gasteiger partial charge >= 0.3 is 0 Å². The highest BCUT2D eigenvalue weighted by Crippen LogP contribution is 2.14. The van der Waals surface area contributed by atoms with Gasteiger partial charge < -0.3 is 16.0 Å². The summed E-state index contributed by atoms with van der Waals surface area (Å²) >= 11 is 0. The Kier molecular flexibility index (Phi) is 4.62. The van der Waals surface area contributed by atoms with Crippen LogP contribution in [0.1, 0.15) is 19.4 Å². The summed E-state index contributed by atoms with van der Waals surface area (Å²) in [5, 5.41) is 8.16. The van der Waals surface area contributed by atoms with E-state index >= 15 is 0 Å². The zero-order chi connectivity index (χ0) is 15.4. The number of nitrogens with one attached hydrogen (secondary N) is 3. The molecule has 0 bridgehead atoms. The molecular formula is C16H21N3O2. The van der Waals surface area contributed by atoms with Gasteiger partial charge in [-0.1, -0.05) is 32.6 Å². The standard InChI is InChI=1S/C16H21N3O2/c1-10(2)8-12-4-6-13(7-5-12)19-16(21)14-9-17-11(3)18-15(14)20/h4-7,10,14,17H,3,8-9H2,1-2H3,(H,18,20)(H,19,21). The number of hydrogen-bond acceptors (Lipinski definition) is 3. The van der Waals surface area contributed by atoms with Crippen LogP contribution in [0.5, 0.6) is 0 Å². The molecule has 0 aromatic heterocycles. The fraction of sp³-hybridized carbons (Fsp3) is 0.375. The van der Waals surface area contributed by atoms with Gasteiger partial charge in [-0.25, -0.2) is 0 Å². The van der Waals surface area contributed by atoms with Gasteiger partial charge in [-0.3, -0.25) is 9.59 Å². The molecule has 1 aromatic carbocycles. The summed E-state index contributed by atoms with van der Waals surface area (Å²) in [6, 6.07) is 7.72. The quantitative estimate of drug-likeness (QED) is 0.737. The predicted molar refractivity (Wildman–Crippen MR) is 82.4 cm³/mol. The number of amides is 2. The van der Waals surface area contributed by atoms with Gasteiger partial charge in [-0.05, 0) is 30.0 Å². The van der Waals surface area contributed by atoms with Crippen molar-refractivity contribution in [1.29, 1.82) is 0 Å². The van der Waals surface area contributed by atoms with Crippen molar-refractivity contribution >= 4 is 17.5 Å². The largest absolute Gasteiger partial charge is 0.371 e. The molecule has 3 N–H and O–H groups in total. The van der Waals surface area contributed by atoms with E-state index in [9.17, 15) is 9.59 Å². The molecule has 0 saturated carbocycles. The molecule has 1 atom stereocenters. The first kappa shape index (κ1) is 15.1. The minimum absolute atomic E-state index is 0.266. The van der Waals surface area contributed by atoms with Crippen LogP contribution in [0, 0.1) is 11.8 Å². The second-order valence-corrected chi connectivity index (χ2v) is 5.69. The highest BCUT2D eigenvalue weighted by Gasteiger charge is 2.30. The van der Waals surface area contributed by atoms with Crippen LogP contribution in [0.4, 0.5) is 5.69 Å². The molecule has 1 fully saturated rings. The van der Waals surface area contributed by atoms with E-state index in [0.717, 1.165) is 6.42 Å². The number of hydrogen-bond donors (Lipinski definition) is 3. The van der Waals surface area contributed by atoms with Crippen molar-refractivity contribution < 1.29 is 9.59 Å². The Balaban J connectivity index is 1.96. The second-order valence-electron chi connectivity index (χ2n) is 5.69. The maximum absolute atomic E-state index is 12.1. The van der Waals surface area contributed by atoms with Crippen molar-refractivity contribution in [3.63, 3.8) is 0 Å². The van der Waals surface area contributed by atoms with E-state index in [2.05, 4.69) is 36.4 Å². The Labute approximate surface area is 124 Å². The third-order valence-electron chi connectivity index (χ3n) is 3.29. The second kappa shape index (κ2) is 6.43. The molecule has 1 aliphatic rings. The summed E-state index contributed by atoms with van der Waals surface area (Å²) < 4.78 is 0. The van der Waals surface area contributed by atoms with Crippen LogP contribution < -0.4 is 16.0 Å². The fourth-order valence-corrected chi connectivity index (χ4v) is 2.23. The van der Waals surface area contributed by atoms with Crippen molar-refractivity contribution in [3.05, 3.63) is 42.2 Å². The minimum Gasteiger partial charge on any atom is -0.371 e. The van der Waals surface area contributed by atoms with Crippen molar-refractivity contribution in [1.82, 2.24) is 10.6 Å². The maximum atomic E-state index is 12.1. The molecular weight excluding hydrogens is 266 g/mol. The third kappa shape index (κ3) is 4.08. The molecule has 1 unspecified atom stereocenters. The number of anilines is 1. The lowest BCUT2D eigenvalue weighted by Gasteiger charge is -2.24. The first-order valence-electron chi connectivity index (χ1n) is 7.09. The van der Waals surface area contributed by atoms with Gasteiger partial charge in [0.1, 0.15) is 5.92 Å². The average Bonchev–Trinajstić information content (AvgIpc) is 2.40. The van der Waals surface area contributed by atoms with Gasteiger partial charge in [0.05, 0.1) is 5.82 Å². The smallest absolute Gasteiger partial charge is 0.239 e. The van der Waals surface area contributed by atoms with E-state index in [1.54, 1.807) is 0 Å². The van der Waals surface area contributed by atoms with Crippen LogP contribution in [-0.2, 0) is 16.0 Å². The van der Waals surface area contributed by atoms with Crippen molar-refractivity contribution in [2.75, 3.05) is 11.9 Å². The van der Waals surface area contributed by atoms with Crippen LogP contribution in [0.25, 0.3) is 0 Å². The molecule has 1 heterocycles. The molecule has 5 heteroatoms. The lowest BCUT2D eigenvalue weighted by atomic mass is 10.0. The number of benzene rings is 1. The Morgan fingerprint density at radius 1 is 1.38 bits per heavy atom. The molecule has 1 aliphatic heterocycles. The van der Waals surface area contributed by atoms with Gasteiger partial charge in [0, 0.05) is 12.2 Å². The van der Waals surface area contributed by atoms with E-state index in [-0.39, 0.29) is 18.4 Å². The van der Waals surface area contributed by atoms with Crippen LogP contribution >= 0.6 is 0 Å². The maximum Gasteiger partial charge on any atom is 0.239 e. The molecule has 0 spiro atoms. The number of carbonyl (C=O) groups excluding carboxylic acids is 2. The van der Waals surface area contributed by atoms with Gasteiger partial charge in [0.2, 0.25) is 11.8 Å². The monoisotopic (exact) mass is 287 g/mol. The molecule has 1 saturated heterocycles. The fourth-order valence-electron chi connectivity index (χ4n) is 2.23. The van der Waals surface area contributed by atoms with Crippen LogP contribution in [0.2, 0.25) is 0 Å².